The maximum atomic E-state index is 4.30. The summed E-state index contributed by atoms with van der Waals surface area (Å²) in [4.78, 5) is 0. The van der Waals surface area contributed by atoms with Crippen molar-refractivity contribution in [3.63, 3.8) is 0 Å². The SMILES string of the molecule is CCn1cc(C(C)Nc2ccc(I)c(Br)c2)cn1. The Morgan fingerprint density at radius 1 is 1.50 bits per heavy atom. The summed E-state index contributed by atoms with van der Waals surface area (Å²) >= 11 is 5.85. The smallest absolute Gasteiger partial charge is 0.0542 e. The number of nitrogens with zero attached hydrogens (tertiary/aromatic N) is 2. The van der Waals surface area contributed by atoms with Crippen LogP contribution in [0.4, 0.5) is 5.69 Å². The van der Waals surface area contributed by atoms with Crippen LogP contribution in [0.3, 0.4) is 0 Å². The van der Waals surface area contributed by atoms with Crippen molar-refractivity contribution in [1.82, 2.24) is 9.78 Å². The minimum absolute atomic E-state index is 0.247. The molecule has 1 heterocycles. The zero-order chi connectivity index (χ0) is 13.1. The summed E-state index contributed by atoms with van der Waals surface area (Å²) in [7, 11) is 0. The Labute approximate surface area is 129 Å². The molecule has 2 aromatic rings. The van der Waals surface area contributed by atoms with Gasteiger partial charge in [-0.1, -0.05) is 0 Å². The monoisotopic (exact) mass is 419 g/mol. The number of aromatic nitrogens is 2. The minimum atomic E-state index is 0.247. The third-order valence-electron chi connectivity index (χ3n) is 2.78. The average Bonchev–Trinajstić information content (AvgIpc) is 2.82. The Morgan fingerprint density at radius 2 is 2.28 bits per heavy atom. The van der Waals surface area contributed by atoms with Crippen LogP contribution in [0.5, 0.6) is 0 Å². The van der Waals surface area contributed by atoms with Crippen molar-refractivity contribution in [3.05, 3.63) is 44.2 Å². The van der Waals surface area contributed by atoms with Gasteiger partial charge in [0, 0.05) is 32.0 Å². The van der Waals surface area contributed by atoms with Gasteiger partial charge in [-0.15, -0.1) is 0 Å². The fourth-order valence-corrected chi connectivity index (χ4v) is 2.41. The molecule has 2 rings (SSSR count). The first-order chi connectivity index (χ1) is 8.60. The molecule has 1 unspecified atom stereocenters. The molecule has 0 saturated carbocycles. The van der Waals surface area contributed by atoms with E-state index in [-0.39, 0.29) is 6.04 Å². The summed E-state index contributed by atoms with van der Waals surface area (Å²) in [6.45, 7) is 5.13. The van der Waals surface area contributed by atoms with Crippen LogP contribution in [0.25, 0.3) is 0 Å². The molecule has 0 fully saturated rings. The first kappa shape index (κ1) is 13.9. The quantitative estimate of drug-likeness (QED) is 0.742. The molecule has 96 valence electrons. The highest BCUT2D eigenvalue weighted by Gasteiger charge is 2.08. The number of benzene rings is 1. The highest BCUT2D eigenvalue weighted by molar-refractivity contribution is 14.1. The lowest BCUT2D eigenvalue weighted by molar-refractivity contribution is 0.658. The Kier molecular flexibility index (Phi) is 4.66. The fourth-order valence-electron chi connectivity index (χ4n) is 1.70. The van der Waals surface area contributed by atoms with Gasteiger partial charge < -0.3 is 5.32 Å². The lowest BCUT2D eigenvalue weighted by atomic mass is 10.2. The molecule has 0 spiro atoms. The van der Waals surface area contributed by atoms with Gasteiger partial charge in [0.1, 0.15) is 0 Å². The van der Waals surface area contributed by atoms with Gasteiger partial charge in [0.25, 0.3) is 0 Å². The zero-order valence-electron chi connectivity index (χ0n) is 10.3. The van der Waals surface area contributed by atoms with Crippen molar-refractivity contribution in [2.24, 2.45) is 0 Å². The molecule has 1 atom stereocenters. The number of nitrogens with one attached hydrogen (secondary N) is 1. The van der Waals surface area contributed by atoms with Gasteiger partial charge in [-0.2, -0.15) is 5.10 Å². The second kappa shape index (κ2) is 6.06. The molecule has 18 heavy (non-hydrogen) atoms. The summed E-state index contributed by atoms with van der Waals surface area (Å²) in [5.74, 6) is 0. The van der Waals surface area contributed by atoms with Crippen molar-refractivity contribution >= 4 is 44.2 Å². The van der Waals surface area contributed by atoms with Gasteiger partial charge >= 0.3 is 0 Å². The number of aryl methyl sites for hydroxylation is 1. The van der Waals surface area contributed by atoms with E-state index < -0.39 is 0 Å². The van der Waals surface area contributed by atoms with Crippen LogP contribution in [0.2, 0.25) is 0 Å². The van der Waals surface area contributed by atoms with E-state index in [1.165, 1.54) is 9.13 Å². The second-order valence-corrected chi connectivity index (χ2v) is 6.14. The highest BCUT2D eigenvalue weighted by atomic mass is 127. The van der Waals surface area contributed by atoms with Crippen LogP contribution in [0, 0.1) is 3.57 Å². The predicted molar refractivity (Wildman–Crippen MR) is 86.8 cm³/mol. The van der Waals surface area contributed by atoms with Crippen LogP contribution in [0.1, 0.15) is 25.5 Å². The Bertz CT molecular complexity index is 539. The maximum absolute atomic E-state index is 4.30. The highest BCUT2D eigenvalue weighted by Crippen LogP contribution is 2.25. The van der Waals surface area contributed by atoms with Gasteiger partial charge in [-0.25, -0.2) is 0 Å². The largest absolute Gasteiger partial charge is 0.378 e. The molecule has 1 aromatic carbocycles. The van der Waals surface area contributed by atoms with Gasteiger partial charge in [0.2, 0.25) is 0 Å². The van der Waals surface area contributed by atoms with E-state index in [1.807, 2.05) is 10.9 Å². The molecule has 0 aliphatic carbocycles. The Hall–Kier alpha value is -0.560. The molecule has 0 saturated heterocycles. The van der Waals surface area contributed by atoms with Crippen LogP contribution in [-0.2, 0) is 6.54 Å². The normalized spacial score (nSPS) is 12.4. The number of halogens is 2. The zero-order valence-corrected chi connectivity index (χ0v) is 14.1. The minimum Gasteiger partial charge on any atom is -0.378 e. The fraction of sp³-hybridized carbons (Fsp3) is 0.308. The third kappa shape index (κ3) is 3.26. The molecule has 0 aliphatic heterocycles. The summed E-state index contributed by atoms with van der Waals surface area (Å²) in [6, 6.07) is 6.53. The third-order valence-corrected chi connectivity index (χ3v) is 5.12. The number of hydrogen-bond donors (Lipinski definition) is 1. The first-order valence-corrected chi connectivity index (χ1v) is 7.71. The molecule has 1 aromatic heterocycles. The molecule has 1 N–H and O–H groups in total. The van der Waals surface area contributed by atoms with Crippen molar-refractivity contribution in [2.75, 3.05) is 5.32 Å². The lowest BCUT2D eigenvalue weighted by Crippen LogP contribution is -2.05. The van der Waals surface area contributed by atoms with Crippen LogP contribution >= 0.6 is 38.5 Å². The van der Waals surface area contributed by atoms with Crippen molar-refractivity contribution in [1.29, 1.82) is 0 Å². The summed E-state index contributed by atoms with van der Waals surface area (Å²) in [5, 5.41) is 7.77. The number of anilines is 1. The molecule has 0 amide bonds. The molecule has 3 nitrogen and oxygen atoms in total. The van der Waals surface area contributed by atoms with Crippen LogP contribution in [-0.4, -0.2) is 9.78 Å². The first-order valence-electron chi connectivity index (χ1n) is 5.84. The number of hydrogen-bond acceptors (Lipinski definition) is 2. The molecule has 5 heteroatoms. The average molecular weight is 420 g/mol. The van der Waals surface area contributed by atoms with Crippen molar-refractivity contribution < 1.29 is 0 Å². The van der Waals surface area contributed by atoms with Crippen molar-refractivity contribution in [3.8, 4) is 0 Å². The maximum Gasteiger partial charge on any atom is 0.0542 e. The molecule has 0 radical (unpaired) electrons. The van der Waals surface area contributed by atoms with Crippen LogP contribution < -0.4 is 5.32 Å². The van der Waals surface area contributed by atoms with E-state index in [0.717, 1.165) is 16.7 Å². The molecular weight excluding hydrogens is 405 g/mol. The van der Waals surface area contributed by atoms with Gasteiger partial charge in [0.15, 0.2) is 0 Å². The lowest BCUT2D eigenvalue weighted by Gasteiger charge is -2.14. The summed E-state index contributed by atoms with van der Waals surface area (Å²) in [5.41, 5.74) is 2.31. The van der Waals surface area contributed by atoms with Gasteiger partial charge in [0.05, 0.1) is 12.2 Å². The van der Waals surface area contributed by atoms with E-state index in [4.69, 9.17) is 0 Å². The summed E-state index contributed by atoms with van der Waals surface area (Å²) < 4.78 is 4.27. The van der Waals surface area contributed by atoms with E-state index in [9.17, 15) is 0 Å². The van der Waals surface area contributed by atoms with E-state index in [2.05, 4.69) is 87.2 Å². The van der Waals surface area contributed by atoms with E-state index in [1.54, 1.807) is 0 Å². The molecule has 0 aliphatic rings. The molecule has 0 bridgehead atoms. The second-order valence-electron chi connectivity index (χ2n) is 4.12. The topological polar surface area (TPSA) is 29.9 Å². The van der Waals surface area contributed by atoms with Crippen molar-refractivity contribution in [2.45, 2.75) is 26.4 Å². The Morgan fingerprint density at radius 3 is 2.89 bits per heavy atom. The summed E-state index contributed by atoms with van der Waals surface area (Å²) in [6.07, 6.45) is 4.00. The van der Waals surface area contributed by atoms with Gasteiger partial charge in [-0.3, -0.25) is 4.68 Å². The van der Waals surface area contributed by atoms with E-state index in [0.29, 0.717) is 0 Å². The van der Waals surface area contributed by atoms with E-state index >= 15 is 0 Å². The standard InChI is InChI=1S/C13H15BrIN3/c1-3-18-8-10(7-16-18)9(2)17-11-4-5-13(15)12(14)6-11/h4-9,17H,3H2,1-2H3. The molecular formula is C13H15BrIN3. The Balaban J connectivity index is 2.10. The van der Waals surface area contributed by atoms with Gasteiger partial charge in [-0.05, 0) is 70.6 Å². The number of rotatable bonds is 4. The van der Waals surface area contributed by atoms with Crippen LogP contribution in [0.15, 0.2) is 35.1 Å². The predicted octanol–water partition coefficient (Wildman–Crippen LogP) is 4.44.